The Labute approximate surface area is 191 Å². The van der Waals surface area contributed by atoms with E-state index in [1.165, 1.54) is 5.92 Å². The molecule has 0 amide bonds. The Balaban J connectivity index is 2.02. The molecule has 0 bridgehead atoms. The van der Waals surface area contributed by atoms with E-state index < -0.39 is 30.0 Å². The lowest BCUT2D eigenvalue weighted by Gasteiger charge is -2.32. The maximum absolute atomic E-state index is 13.0. The van der Waals surface area contributed by atoms with Gasteiger partial charge in [-0.1, -0.05) is 44.6 Å². The summed E-state index contributed by atoms with van der Waals surface area (Å²) in [6, 6.07) is 0. The molecular formula is C25H32F6O2. The van der Waals surface area contributed by atoms with Crippen LogP contribution in [0.3, 0.4) is 0 Å². The van der Waals surface area contributed by atoms with Crippen molar-refractivity contribution in [3.63, 3.8) is 0 Å². The van der Waals surface area contributed by atoms with Crippen LogP contribution in [0, 0.1) is 34.5 Å². The maximum Gasteiger partial charge on any atom is 0.413 e. The van der Waals surface area contributed by atoms with E-state index in [-0.39, 0.29) is 37.0 Å². The molecular weight excluding hydrogens is 446 g/mol. The molecule has 0 aliphatic heterocycles. The molecule has 2 saturated carbocycles. The molecule has 8 heteroatoms. The SMILES string of the molecule is C=C1/C(=C/C=C/C[C@@H]2CC[C@H](CC#CC(C)(C(F)(F)F)C(F)(F)F)C2(C)C)C[C@@H](O)C[C@@H]1O. The Morgan fingerprint density at radius 2 is 1.64 bits per heavy atom. The molecule has 0 aromatic heterocycles. The van der Waals surface area contributed by atoms with Crippen molar-refractivity contribution in [3.8, 4) is 11.8 Å². The average Bonchev–Trinajstić information content (AvgIpc) is 2.94. The number of rotatable bonds is 4. The lowest BCUT2D eigenvalue weighted by atomic mass is 9.73. The van der Waals surface area contributed by atoms with Gasteiger partial charge in [0.2, 0.25) is 5.41 Å². The molecule has 2 fully saturated rings. The molecule has 2 nitrogen and oxygen atoms in total. The number of alkyl halides is 6. The normalized spacial score (nSPS) is 30.0. The van der Waals surface area contributed by atoms with Crippen LogP contribution in [0.4, 0.5) is 26.3 Å². The monoisotopic (exact) mass is 478 g/mol. The predicted octanol–water partition coefficient (Wildman–Crippen LogP) is 6.51. The van der Waals surface area contributed by atoms with E-state index in [0.717, 1.165) is 12.0 Å². The van der Waals surface area contributed by atoms with E-state index in [1.54, 1.807) is 0 Å². The maximum atomic E-state index is 13.0. The number of hydrogen-bond donors (Lipinski definition) is 2. The summed E-state index contributed by atoms with van der Waals surface area (Å²) in [7, 11) is 0. The molecule has 0 heterocycles. The molecule has 0 saturated heterocycles. The first-order chi connectivity index (χ1) is 15.0. The van der Waals surface area contributed by atoms with Gasteiger partial charge in [-0.25, -0.2) is 0 Å². The highest BCUT2D eigenvalue weighted by molar-refractivity contribution is 5.37. The number of aliphatic hydroxyl groups excluding tert-OH is 2. The van der Waals surface area contributed by atoms with Crippen LogP contribution in [0.2, 0.25) is 0 Å². The molecule has 0 unspecified atom stereocenters. The van der Waals surface area contributed by atoms with Gasteiger partial charge in [0.05, 0.1) is 12.2 Å². The second-order valence-corrected chi connectivity index (χ2v) is 9.91. The highest BCUT2D eigenvalue weighted by atomic mass is 19.4. The van der Waals surface area contributed by atoms with Crippen LogP contribution in [0.1, 0.15) is 59.3 Å². The molecule has 4 atom stereocenters. The molecule has 33 heavy (non-hydrogen) atoms. The zero-order chi connectivity index (χ0) is 25.2. The first-order valence-electron chi connectivity index (χ1n) is 11.0. The van der Waals surface area contributed by atoms with Gasteiger partial charge in [-0.05, 0) is 61.0 Å². The summed E-state index contributed by atoms with van der Waals surface area (Å²) in [5, 5.41) is 19.7. The Hall–Kier alpha value is -1.72. The van der Waals surface area contributed by atoms with Gasteiger partial charge < -0.3 is 10.2 Å². The third kappa shape index (κ3) is 6.05. The molecule has 186 valence electrons. The van der Waals surface area contributed by atoms with Crippen LogP contribution in [-0.2, 0) is 0 Å². The smallest absolute Gasteiger partial charge is 0.393 e. The van der Waals surface area contributed by atoms with Gasteiger partial charge in [-0.15, -0.1) is 5.92 Å². The Morgan fingerprint density at radius 1 is 1.06 bits per heavy atom. The molecule has 2 rings (SSSR count). The third-order valence-electron chi connectivity index (χ3n) is 7.41. The van der Waals surface area contributed by atoms with E-state index in [1.807, 2.05) is 32.1 Å². The summed E-state index contributed by atoms with van der Waals surface area (Å²) in [4.78, 5) is 0. The summed E-state index contributed by atoms with van der Waals surface area (Å²) < 4.78 is 78.1. The zero-order valence-corrected chi connectivity index (χ0v) is 19.2. The van der Waals surface area contributed by atoms with Crippen LogP contribution < -0.4 is 0 Å². The van der Waals surface area contributed by atoms with Crippen molar-refractivity contribution in [1.29, 1.82) is 0 Å². The fourth-order valence-electron chi connectivity index (χ4n) is 4.60. The number of aliphatic hydroxyl groups is 2. The molecule has 0 aromatic rings. The van der Waals surface area contributed by atoms with Gasteiger partial charge in [0, 0.05) is 12.8 Å². The predicted molar refractivity (Wildman–Crippen MR) is 115 cm³/mol. The minimum Gasteiger partial charge on any atom is -0.393 e. The van der Waals surface area contributed by atoms with Gasteiger partial charge in [0.25, 0.3) is 0 Å². The minimum absolute atomic E-state index is 0.0192. The highest BCUT2D eigenvalue weighted by Crippen LogP contribution is 2.52. The van der Waals surface area contributed by atoms with Gasteiger partial charge >= 0.3 is 12.4 Å². The first-order valence-corrected chi connectivity index (χ1v) is 11.0. The summed E-state index contributed by atoms with van der Waals surface area (Å²) in [6.45, 7) is 7.90. The first kappa shape index (κ1) is 27.5. The van der Waals surface area contributed by atoms with E-state index in [9.17, 15) is 36.6 Å². The van der Waals surface area contributed by atoms with Crippen LogP contribution in [0.15, 0.2) is 36.0 Å². The average molecular weight is 479 g/mol. The second-order valence-electron chi connectivity index (χ2n) is 9.91. The minimum atomic E-state index is -5.50. The largest absolute Gasteiger partial charge is 0.413 e. The fraction of sp³-hybridized carbons (Fsp3) is 0.680. The number of halogens is 6. The van der Waals surface area contributed by atoms with Crippen molar-refractivity contribution < 1.29 is 36.6 Å². The zero-order valence-electron chi connectivity index (χ0n) is 19.2. The second kappa shape index (κ2) is 9.87. The van der Waals surface area contributed by atoms with Gasteiger partial charge in [-0.3, -0.25) is 0 Å². The van der Waals surface area contributed by atoms with Crippen LogP contribution in [-0.4, -0.2) is 34.8 Å². The van der Waals surface area contributed by atoms with Crippen molar-refractivity contribution in [2.45, 2.75) is 83.9 Å². The molecule has 2 aliphatic rings. The van der Waals surface area contributed by atoms with Crippen molar-refractivity contribution in [3.05, 3.63) is 36.0 Å². The highest BCUT2D eigenvalue weighted by Gasteiger charge is 2.67. The lowest BCUT2D eigenvalue weighted by molar-refractivity contribution is -0.310. The number of hydrogen-bond acceptors (Lipinski definition) is 2. The number of allylic oxidation sites excluding steroid dienone is 3. The van der Waals surface area contributed by atoms with Crippen LogP contribution >= 0.6 is 0 Å². The van der Waals surface area contributed by atoms with E-state index in [2.05, 4.69) is 12.5 Å². The van der Waals surface area contributed by atoms with Gasteiger partial charge in [0.15, 0.2) is 0 Å². The van der Waals surface area contributed by atoms with Crippen LogP contribution in [0.25, 0.3) is 0 Å². The van der Waals surface area contributed by atoms with Crippen LogP contribution in [0.5, 0.6) is 0 Å². The molecule has 2 aliphatic carbocycles. The standard InChI is InChI=1S/C25H32F6O2/c1-16-17(14-20(32)15-21(16)33)8-5-6-9-18-11-12-19(22(18,2)3)10-7-13-23(4,24(26,27)28)25(29,30)31/h5-6,8,18-21,32-33H,1,9-12,14-15H2,2-4H3/b6-5+,17-8+/t18-,19+,20-,21+/m1/s1. The van der Waals surface area contributed by atoms with E-state index in [4.69, 9.17) is 0 Å². The summed E-state index contributed by atoms with van der Waals surface area (Å²) in [6.07, 6.45) is -3.91. The summed E-state index contributed by atoms with van der Waals surface area (Å²) in [5.41, 5.74) is -2.95. The van der Waals surface area contributed by atoms with Crippen molar-refractivity contribution in [2.75, 3.05) is 0 Å². The van der Waals surface area contributed by atoms with E-state index in [0.29, 0.717) is 24.8 Å². The van der Waals surface area contributed by atoms with E-state index >= 15 is 0 Å². The fourth-order valence-corrected chi connectivity index (χ4v) is 4.60. The van der Waals surface area contributed by atoms with Crippen molar-refractivity contribution in [2.24, 2.45) is 22.7 Å². The Morgan fingerprint density at radius 3 is 2.21 bits per heavy atom. The topological polar surface area (TPSA) is 40.5 Å². The van der Waals surface area contributed by atoms with Crippen molar-refractivity contribution in [1.82, 2.24) is 0 Å². The quantitative estimate of drug-likeness (QED) is 0.357. The third-order valence-corrected chi connectivity index (χ3v) is 7.41. The van der Waals surface area contributed by atoms with Gasteiger partial charge in [-0.2, -0.15) is 26.3 Å². The lowest BCUT2D eigenvalue weighted by Crippen LogP contribution is -2.46. The summed E-state index contributed by atoms with van der Waals surface area (Å²) in [5.74, 6) is 3.80. The Bertz CT molecular complexity index is 824. The van der Waals surface area contributed by atoms with Gasteiger partial charge in [0.1, 0.15) is 0 Å². The van der Waals surface area contributed by atoms with Crippen molar-refractivity contribution >= 4 is 0 Å². The molecule has 2 N–H and O–H groups in total. The molecule has 0 aromatic carbocycles. The Kier molecular flexibility index (Phi) is 8.23. The molecule has 0 spiro atoms. The molecule has 0 radical (unpaired) electrons. The summed E-state index contributed by atoms with van der Waals surface area (Å²) >= 11 is 0.